The number of amides is 1. The number of carbonyl (C=O) groups is 2. The minimum Gasteiger partial charge on any atom is -0.489 e. The van der Waals surface area contributed by atoms with Crippen LogP contribution in [0.1, 0.15) is 47.7 Å². The zero-order valence-corrected chi connectivity index (χ0v) is 23.7. The second kappa shape index (κ2) is 11.6. The number of ether oxygens (including phenoxy) is 1. The number of aliphatic hydroxyl groups excluding tert-OH is 1. The van der Waals surface area contributed by atoms with Gasteiger partial charge < -0.3 is 20.1 Å². The number of nitrogens with zero attached hydrogens (tertiary/aromatic N) is 3. The van der Waals surface area contributed by atoms with Crippen molar-refractivity contribution in [2.45, 2.75) is 43.9 Å². The number of halogens is 1. The first kappa shape index (κ1) is 27.4. The largest absolute Gasteiger partial charge is 0.489 e. The van der Waals surface area contributed by atoms with Gasteiger partial charge in [0.1, 0.15) is 11.9 Å². The van der Waals surface area contributed by atoms with Gasteiger partial charge in [-0.3, -0.25) is 14.3 Å². The van der Waals surface area contributed by atoms with E-state index in [2.05, 4.69) is 15.3 Å². The fraction of sp³-hybridized carbons (Fsp3) is 0.344. The highest BCUT2D eigenvalue weighted by atomic mass is 35.5. The number of nitrogens with one attached hydrogen (secondary N) is 1. The van der Waals surface area contributed by atoms with Crippen molar-refractivity contribution in [3.8, 4) is 16.9 Å². The predicted octanol–water partition coefficient (Wildman–Crippen LogP) is 4.93. The highest BCUT2D eigenvalue weighted by molar-refractivity contribution is 6.42. The highest BCUT2D eigenvalue weighted by Gasteiger charge is 2.30. The second-order valence-electron chi connectivity index (χ2n) is 11.0. The van der Waals surface area contributed by atoms with Crippen LogP contribution in [0.4, 0.5) is 0 Å². The molecule has 41 heavy (non-hydrogen) atoms. The van der Waals surface area contributed by atoms with E-state index in [4.69, 9.17) is 16.3 Å². The maximum atomic E-state index is 13.2. The van der Waals surface area contributed by atoms with Crippen LogP contribution in [-0.4, -0.2) is 63.3 Å². The van der Waals surface area contributed by atoms with Crippen molar-refractivity contribution >= 4 is 34.2 Å². The van der Waals surface area contributed by atoms with E-state index in [0.29, 0.717) is 22.9 Å². The number of aromatic nitrogens is 2. The molecule has 2 N–H and O–H groups in total. The Morgan fingerprint density at radius 3 is 2.49 bits per heavy atom. The summed E-state index contributed by atoms with van der Waals surface area (Å²) >= 11 is 6.45. The Hall–Kier alpha value is -3.72. The molecule has 2 atom stereocenters. The lowest BCUT2D eigenvalue weighted by molar-refractivity contribution is -0.118. The van der Waals surface area contributed by atoms with Gasteiger partial charge in [0.15, 0.2) is 0 Å². The van der Waals surface area contributed by atoms with Crippen molar-refractivity contribution in [3.05, 3.63) is 83.0 Å². The van der Waals surface area contributed by atoms with Gasteiger partial charge in [0.25, 0.3) is 5.91 Å². The van der Waals surface area contributed by atoms with Crippen LogP contribution in [0.5, 0.6) is 5.75 Å². The standard InChI is InChI=1S/C32H33ClN4O4/c1-36-28-17-22(8-9-24(28)18-34-36)20-4-6-21(7-5-20)31(39)32(40)35-27(19-37-14-2-3-15-37)30(38)23-10-13-29(26(33)16-23)41-25-11-12-25/h4-10,13,16-18,25,27,30,38H,2-3,11-12,14-15,19H2,1H3,(H,35,40). The molecule has 8 nitrogen and oxygen atoms in total. The Morgan fingerprint density at radius 2 is 1.78 bits per heavy atom. The summed E-state index contributed by atoms with van der Waals surface area (Å²) in [6, 6.07) is 17.6. The number of aryl methyl sites for hydroxylation is 1. The Morgan fingerprint density at radius 1 is 1.05 bits per heavy atom. The van der Waals surface area contributed by atoms with Crippen molar-refractivity contribution in [3.63, 3.8) is 0 Å². The van der Waals surface area contributed by atoms with E-state index in [1.165, 1.54) is 0 Å². The lowest BCUT2D eigenvalue weighted by Crippen LogP contribution is -2.48. The third-order valence-corrected chi connectivity index (χ3v) is 8.20. The third-order valence-electron chi connectivity index (χ3n) is 7.90. The van der Waals surface area contributed by atoms with Gasteiger partial charge in [-0.15, -0.1) is 0 Å². The molecule has 9 heteroatoms. The smallest absolute Gasteiger partial charge is 0.292 e. The monoisotopic (exact) mass is 572 g/mol. The molecule has 1 aromatic heterocycles. The van der Waals surface area contributed by atoms with Crippen molar-refractivity contribution in [2.24, 2.45) is 7.05 Å². The van der Waals surface area contributed by atoms with Crippen molar-refractivity contribution < 1.29 is 19.4 Å². The average Bonchev–Trinajstić information content (AvgIpc) is 3.51. The predicted molar refractivity (Wildman–Crippen MR) is 158 cm³/mol. The van der Waals surface area contributed by atoms with Crippen LogP contribution in [0.25, 0.3) is 22.0 Å². The first-order valence-electron chi connectivity index (χ1n) is 14.1. The molecule has 212 valence electrons. The van der Waals surface area contributed by atoms with Crippen LogP contribution < -0.4 is 10.1 Å². The summed E-state index contributed by atoms with van der Waals surface area (Å²) in [5, 5.41) is 19.9. The number of Topliss-reactive ketones (excluding diaryl/α,β-unsaturated/α-hetero) is 1. The Labute approximate surface area is 243 Å². The number of carbonyl (C=O) groups excluding carboxylic acids is 2. The molecule has 6 rings (SSSR count). The summed E-state index contributed by atoms with van der Waals surface area (Å²) in [5.41, 5.74) is 3.77. The molecule has 1 aliphatic heterocycles. The van der Waals surface area contributed by atoms with Crippen LogP contribution in [0, 0.1) is 0 Å². The molecule has 1 saturated carbocycles. The van der Waals surface area contributed by atoms with Gasteiger partial charge in [0.05, 0.1) is 28.9 Å². The van der Waals surface area contributed by atoms with Gasteiger partial charge >= 0.3 is 0 Å². The van der Waals surface area contributed by atoms with E-state index in [1.807, 2.05) is 48.3 Å². The Kier molecular flexibility index (Phi) is 7.79. The fourth-order valence-electron chi connectivity index (χ4n) is 5.36. The van der Waals surface area contributed by atoms with E-state index >= 15 is 0 Å². The molecule has 2 fully saturated rings. The van der Waals surface area contributed by atoms with Crippen molar-refractivity contribution in [1.82, 2.24) is 20.0 Å². The maximum absolute atomic E-state index is 13.2. The summed E-state index contributed by atoms with van der Waals surface area (Å²) in [6.45, 7) is 2.19. The normalized spacial score (nSPS) is 17.0. The fourth-order valence-corrected chi connectivity index (χ4v) is 5.60. The molecule has 2 heterocycles. The number of rotatable bonds is 10. The number of fused-ring (bicyclic) bond motifs is 1. The number of likely N-dealkylation sites (tertiary alicyclic amines) is 1. The molecule has 1 aliphatic carbocycles. The molecular weight excluding hydrogens is 540 g/mol. The molecule has 2 aliphatic rings. The van der Waals surface area contributed by atoms with Gasteiger partial charge in [0, 0.05) is 24.5 Å². The molecule has 4 aromatic rings. The quantitative estimate of drug-likeness (QED) is 0.207. The molecule has 2 unspecified atom stereocenters. The average molecular weight is 573 g/mol. The van der Waals surface area contributed by atoms with Gasteiger partial charge in [-0.1, -0.05) is 54.1 Å². The number of hydrogen-bond acceptors (Lipinski definition) is 6. The summed E-state index contributed by atoms with van der Waals surface area (Å²) in [6.07, 6.45) is 5.13. The topological polar surface area (TPSA) is 96.7 Å². The summed E-state index contributed by atoms with van der Waals surface area (Å²) in [4.78, 5) is 28.5. The Balaban J connectivity index is 1.17. The lowest BCUT2D eigenvalue weighted by Gasteiger charge is -2.28. The van der Waals surface area contributed by atoms with Crippen LogP contribution in [0.2, 0.25) is 5.02 Å². The number of aliphatic hydroxyl groups is 1. The van der Waals surface area contributed by atoms with Crippen LogP contribution in [-0.2, 0) is 11.8 Å². The highest BCUT2D eigenvalue weighted by Crippen LogP contribution is 2.34. The van der Waals surface area contributed by atoms with E-state index < -0.39 is 23.8 Å². The Bertz CT molecular complexity index is 1570. The minimum absolute atomic E-state index is 0.204. The van der Waals surface area contributed by atoms with Crippen LogP contribution in [0.15, 0.2) is 66.9 Å². The summed E-state index contributed by atoms with van der Waals surface area (Å²) in [7, 11) is 1.90. The zero-order valence-electron chi connectivity index (χ0n) is 22.9. The molecule has 1 amide bonds. The SMILES string of the molecule is Cn1ncc2ccc(-c3ccc(C(=O)C(=O)NC(CN4CCCC4)C(O)c4ccc(OC5CC5)c(Cl)c4)cc3)cc21. The zero-order chi connectivity index (χ0) is 28.5. The number of hydrogen-bond donors (Lipinski definition) is 2. The summed E-state index contributed by atoms with van der Waals surface area (Å²) < 4.78 is 7.64. The second-order valence-corrected chi connectivity index (χ2v) is 11.4. The molecule has 3 aromatic carbocycles. The van der Waals surface area contributed by atoms with Gasteiger partial charge in [0.2, 0.25) is 5.78 Å². The lowest BCUT2D eigenvalue weighted by atomic mass is 9.99. The molecular formula is C32H33ClN4O4. The van der Waals surface area contributed by atoms with E-state index in [1.54, 1.807) is 30.3 Å². The van der Waals surface area contributed by atoms with Crippen LogP contribution >= 0.6 is 11.6 Å². The van der Waals surface area contributed by atoms with Gasteiger partial charge in [-0.25, -0.2) is 0 Å². The van der Waals surface area contributed by atoms with E-state index in [0.717, 1.165) is 60.8 Å². The molecule has 0 bridgehead atoms. The number of benzene rings is 3. The van der Waals surface area contributed by atoms with Gasteiger partial charge in [-0.05, 0) is 73.7 Å². The minimum atomic E-state index is -1.05. The summed E-state index contributed by atoms with van der Waals surface area (Å²) in [5.74, 6) is -0.815. The first-order valence-corrected chi connectivity index (χ1v) is 14.5. The maximum Gasteiger partial charge on any atom is 0.292 e. The molecule has 0 spiro atoms. The van der Waals surface area contributed by atoms with Crippen molar-refractivity contribution in [2.75, 3.05) is 19.6 Å². The van der Waals surface area contributed by atoms with E-state index in [9.17, 15) is 14.7 Å². The van der Waals surface area contributed by atoms with Crippen LogP contribution in [0.3, 0.4) is 0 Å². The molecule has 0 radical (unpaired) electrons. The van der Waals surface area contributed by atoms with Gasteiger partial charge in [-0.2, -0.15) is 5.10 Å². The third kappa shape index (κ3) is 6.15. The number of ketones is 1. The van der Waals surface area contributed by atoms with Crippen molar-refractivity contribution in [1.29, 1.82) is 0 Å². The first-order chi connectivity index (χ1) is 19.9. The molecule has 1 saturated heterocycles. The van der Waals surface area contributed by atoms with E-state index in [-0.39, 0.29) is 11.7 Å².